The molecular formula is C12H16N4O4. The molecule has 1 aliphatic rings. The maximum atomic E-state index is 10.4. The largest absolute Gasteiger partial charge is 0.394 e. The molecular weight excluding hydrogens is 264 g/mol. The Kier molecular flexibility index (Phi) is 2.91. The van der Waals surface area contributed by atoms with E-state index >= 15 is 0 Å². The number of aromatic nitrogens is 3. The SMILES string of the molecule is C[C@@]1(O)C(O)C(CO)O[C@H]1n1ccc2c(N)ncnc21. The smallest absolute Gasteiger partial charge is 0.167 e. The Morgan fingerprint density at radius 1 is 1.50 bits per heavy atom. The van der Waals surface area contributed by atoms with Crippen LogP contribution in [0.4, 0.5) is 5.82 Å². The summed E-state index contributed by atoms with van der Waals surface area (Å²) in [6.45, 7) is 1.07. The predicted octanol–water partition coefficient (Wildman–Crippen LogP) is -0.985. The Balaban J connectivity index is 2.10. The number of hydrogen-bond donors (Lipinski definition) is 4. The van der Waals surface area contributed by atoms with Crippen LogP contribution >= 0.6 is 0 Å². The molecule has 4 atom stereocenters. The zero-order chi connectivity index (χ0) is 14.5. The van der Waals surface area contributed by atoms with E-state index in [0.717, 1.165) is 0 Å². The molecule has 5 N–H and O–H groups in total. The van der Waals surface area contributed by atoms with Crippen LogP contribution in [0.15, 0.2) is 18.6 Å². The van der Waals surface area contributed by atoms with E-state index in [1.54, 1.807) is 16.8 Å². The Morgan fingerprint density at radius 2 is 2.25 bits per heavy atom. The van der Waals surface area contributed by atoms with Crippen LogP contribution in [0.2, 0.25) is 0 Å². The molecule has 0 aromatic carbocycles. The van der Waals surface area contributed by atoms with E-state index in [9.17, 15) is 15.3 Å². The lowest BCUT2D eigenvalue weighted by molar-refractivity contribution is -0.0948. The second-order valence-electron chi connectivity index (χ2n) is 5.10. The molecule has 108 valence electrons. The van der Waals surface area contributed by atoms with Crippen LogP contribution in [-0.2, 0) is 4.74 Å². The van der Waals surface area contributed by atoms with Crippen LogP contribution < -0.4 is 5.73 Å². The van der Waals surface area contributed by atoms with Gasteiger partial charge in [0, 0.05) is 6.20 Å². The minimum Gasteiger partial charge on any atom is -0.394 e. The van der Waals surface area contributed by atoms with E-state index < -0.39 is 24.0 Å². The van der Waals surface area contributed by atoms with E-state index in [1.165, 1.54) is 13.3 Å². The number of nitrogens with two attached hydrogens (primary N) is 1. The minimum atomic E-state index is -1.56. The van der Waals surface area contributed by atoms with Gasteiger partial charge < -0.3 is 30.4 Å². The molecule has 0 bridgehead atoms. The number of hydrogen-bond acceptors (Lipinski definition) is 7. The maximum absolute atomic E-state index is 10.4. The van der Waals surface area contributed by atoms with Gasteiger partial charge in [-0.1, -0.05) is 0 Å². The lowest BCUT2D eigenvalue weighted by Gasteiger charge is -2.27. The molecule has 1 fully saturated rings. The first-order valence-electron chi connectivity index (χ1n) is 6.20. The van der Waals surface area contributed by atoms with Crippen LogP contribution in [0, 0.1) is 0 Å². The lowest BCUT2D eigenvalue weighted by atomic mass is 9.96. The highest BCUT2D eigenvalue weighted by Crippen LogP contribution is 2.39. The second-order valence-corrected chi connectivity index (χ2v) is 5.10. The highest BCUT2D eigenvalue weighted by molar-refractivity contribution is 5.86. The van der Waals surface area contributed by atoms with Gasteiger partial charge in [0.1, 0.15) is 35.6 Å². The van der Waals surface area contributed by atoms with Crippen LogP contribution in [0.3, 0.4) is 0 Å². The number of ether oxygens (including phenoxy) is 1. The molecule has 20 heavy (non-hydrogen) atoms. The summed E-state index contributed by atoms with van der Waals surface area (Å²) < 4.78 is 7.12. The number of aliphatic hydroxyl groups is 3. The summed E-state index contributed by atoms with van der Waals surface area (Å²) >= 11 is 0. The van der Waals surface area contributed by atoms with E-state index in [2.05, 4.69) is 9.97 Å². The summed E-state index contributed by atoms with van der Waals surface area (Å²) in [5.74, 6) is 0.325. The van der Waals surface area contributed by atoms with Crippen molar-refractivity contribution in [1.82, 2.24) is 14.5 Å². The Morgan fingerprint density at radius 3 is 2.90 bits per heavy atom. The molecule has 8 nitrogen and oxygen atoms in total. The average Bonchev–Trinajstić information content (AvgIpc) is 2.92. The predicted molar refractivity (Wildman–Crippen MR) is 69.6 cm³/mol. The molecule has 2 unspecified atom stereocenters. The third-order valence-corrected chi connectivity index (χ3v) is 3.73. The van der Waals surface area contributed by atoms with Crippen molar-refractivity contribution in [2.45, 2.75) is 31.0 Å². The van der Waals surface area contributed by atoms with Gasteiger partial charge in [-0.15, -0.1) is 0 Å². The van der Waals surface area contributed by atoms with Gasteiger partial charge >= 0.3 is 0 Å². The average molecular weight is 280 g/mol. The van der Waals surface area contributed by atoms with E-state index in [0.29, 0.717) is 16.9 Å². The number of anilines is 1. The summed E-state index contributed by atoms with van der Waals surface area (Å²) in [5, 5.41) is 30.3. The Hall–Kier alpha value is -1.74. The topological polar surface area (TPSA) is 127 Å². The monoisotopic (exact) mass is 280 g/mol. The van der Waals surface area contributed by atoms with Crippen molar-refractivity contribution in [2.24, 2.45) is 0 Å². The molecule has 3 heterocycles. The Labute approximate surface area is 114 Å². The van der Waals surface area contributed by atoms with Gasteiger partial charge in [0.15, 0.2) is 6.23 Å². The van der Waals surface area contributed by atoms with E-state index in [-0.39, 0.29) is 6.61 Å². The molecule has 8 heteroatoms. The standard InChI is InChI=1S/C12H16N4O4/c1-12(19)8(18)7(4-17)20-11(12)16-3-2-6-9(13)14-5-15-10(6)16/h2-3,5,7-8,11,17-19H,4H2,1H3,(H2,13,14,15)/t7?,8?,11-,12-/m1/s1. The normalized spacial score (nSPS) is 33.9. The van der Waals surface area contributed by atoms with E-state index in [4.69, 9.17) is 10.5 Å². The first-order chi connectivity index (χ1) is 9.46. The summed E-state index contributed by atoms with van der Waals surface area (Å²) in [4.78, 5) is 8.01. The van der Waals surface area contributed by atoms with Crippen LogP contribution in [-0.4, -0.2) is 54.3 Å². The summed E-state index contributed by atoms with van der Waals surface area (Å²) in [6.07, 6.45) is 0.0428. The fourth-order valence-corrected chi connectivity index (χ4v) is 2.57. The lowest BCUT2D eigenvalue weighted by Crippen LogP contribution is -2.44. The quantitative estimate of drug-likeness (QED) is 0.556. The molecule has 2 aromatic heterocycles. The third kappa shape index (κ3) is 1.70. The van der Waals surface area contributed by atoms with Crippen molar-refractivity contribution in [2.75, 3.05) is 12.3 Å². The van der Waals surface area contributed by atoms with Gasteiger partial charge in [0.25, 0.3) is 0 Å². The van der Waals surface area contributed by atoms with Crippen LogP contribution in [0.25, 0.3) is 11.0 Å². The molecule has 0 amide bonds. The summed E-state index contributed by atoms with van der Waals surface area (Å²) in [5.41, 5.74) is 4.70. The molecule has 3 rings (SSSR count). The summed E-state index contributed by atoms with van der Waals surface area (Å²) in [7, 11) is 0. The minimum absolute atomic E-state index is 0.325. The van der Waals surface area contributed by atoms with Crippen molar-refractivity contribution in [3.05, 3.63) is 18.6 Å². The first-order valence-corrected chi connectivity index (χ1v) is 6.20. The van der Waals surface area contributed by atoms with Gasteiger partial charge in [-0.05, 0) is 13.0 Å². The molecule has 1 aliphatic heterocycles. The molecule has 0 radical (unpaired) electrons. The second kappa shape index (κ2) is 4.38. The van der Waals surface area contributed by atoms with Gasteiger partial charge in [0.05, 0.1) is 12.0 Å². The molecule has 0 aliphatic carbocycles. The maximum Gasteiger partial charge on any atom is 0.167 e. The van der Waals surface area contributed by atoms with Crippen molar-refractivity contribution in [3.8, 4) is 0 Å². The van der Waals surface area contributed by atoms with Gasteiger partial charge in [0.2, 0.25) is 0 Å². The van der Waals surface area contributed by atoms with Crippen LogP contribution in [0.5, 0.6) is 0 Å². The van der Waals surface area contributed by atoms with Crippen LogP contribution in [0.1, 0.15) is 13.2 Å². The first kappa shape index (κ1) is 13.3. The number of nitrogen functional groups attached to an aromatic ring is 1. The highest BCUT2D eigenvalue weighted by Gasteiger charge is 2.53. The van der Waals surface area contributed by atoms with Gasteiger partial charge in [-0.3, -0.25) is 0 Å². The third-order valence-electron chi connectivity index (χ3n) is 3.73. The number of rotatable bonds is 2. The molecule has 1 saturated heterocycles. The number of fused-ring (bicyclic) bond motifs is 1. The fourth-order valence-electron chi connectivity index (χ4n) is 2.57. The number of nitrogens with zero attached hydrogens (tertiary/aromatic N) is 3. The zero-order valence-corrected chi connectivity index (χ0v) is 10.8. The van der Waals surface area contributed by atoms with Crippen molar-refractivity contribution in [1.29, 1.82) is 0 Å². The Bertz CT molecular complexity index is 641. The summed E-state index contributed by atoms with van der Waals surface area (Å²) in [6, 6.07) is 1.71. The highest BCUT2D eigenvalue weighted by atomic mass is 16.6. The van der Waals surface area contributed by atoms with Gasteiger partial charge in [-0.25, -0.2) is 9.97 Å². The zero-order valence-electron chi connectivity index (χ0n) is 10.8. The fraction of sp³-hybridized carbons (Fsp3) is 0.500. The molecule has 2 aromatic rings. The van der Waals surface area contributed by atoms with Crippen molar-refractivity contribution >= 4 is 16.9 Å². The molecule has 0 spiro atoms. The van der Waals surface area contributed by atoms with Gasteiger partial charge in [-0.2, -0.15) is 0 Å². The number of aliphatic hydroxyl groups excluding tert-OH is 2. The van der Waals surface area contributed by atoms with Crippen molar-refractivity contribution < 1.29 is 20.1 Å². The van der Waals surface area contributed by atoms with Crippen molar-refractivity contribution in [3.63, 3.8) is 0 Å². The molecule has 0 saturated carbocycles. The van der Waals surface area contributed by atoms with E-state index in [1.807, 2.05) is 0 Å².